The van der Waals surface area contributed by atoms with Crippen LogP contribution in [0.5, 0.6) is 0 Å². The van der Waals surface area contributed by atoms with Gasteiger partial charge in [0.2, 0.25) is 0 Å². The van der Waals surface area contributed by atoms with Crippen molar-refractivity contribution in [2.24, 2.45) is 5.92 Å². The summed E-state index contributed by atoms with van der Waals surface area (Å²) in [6.45, 7) is 8.02. The smallest absolute Gasteiger partial charge is 0.263 e. The summed E-state index contributed by atoms with van der Waals surface area (Å²) in [5.74, 6) is 0.373. The SMILES string of the molecule is CCC(C)NC(=O)/C(C#N)=C\N1CCCC(C)C1. The number of nitriles is 1. The van der Waals surface area contributed by atoms with E-state index in [4.69, 9.17) is 5.26 Å². The Bertz CT molecular complexity index is 357. The number of carbonyl (C=O) groups excluding carboxylic acids is 1. The Morgan fingerprint density at radius 2 is 2.39 bits per heavy atom. The van der Waals surface area contributed by atoms with Gasteiger partial charge in [0.1, 0.15) is 11.6 Å². The molecule has 0 saturated carbocycles. The molecule has 0 radical (unpaired) electrons. The molecule has 0 aromatic heterocycles. The molecule has 0 aromatic rings. The molecule has 1 heterocycles. The molecule has 1 aliphatic rings. The van der Waals surface area contributed by atoms with Gasteiger partial charge in [0, 0.05) is 25.3 Å². The van der Waals surface area contributed by atoms with Crippen LogP contribution < -0.4 is 5.32 Å². The van der Waals surface area contributed by atoms with E-state index >= 15 is 0 Å². The van der Waals surface area contributed by atoms with Crippen molar-refractivity contribution in [3.8, 4) is 6.07 Å². The molecule has 1 N–H and O–H groups in total. The van der Waals surface area contributed by atoms with E-state index in [0.717, 1.165) is 25.9 Å². The summed E-state index contributed by atoms with van der Waals surface area (Å²) in [5, 5.41) is 11.9. The molecule has 1 amide bonds. The number of hydrogen-bond acceptors (Lipinski definition) is 3. The highest BCUT2D eigenvalue weighted by molar-refractivity contribution is 5.97. The van der Waals surface area contributed by atoms with E-state index in [1.165, 1.54) is 6.42 Å². The van der Waals surface area contributed by atoms with E-state index in [1.807, 2.05) is 19.9 Å². The molecule has 2 unspecified atom stereocenters. The van der Waals surface area contributed by atoms with Gasteiger partial charge in [-0.15, -0.1) is 0 Å². The molecule has 0 aliphatic carbocycles. The van der Waals surface area contributed by atoms with E-state index in [1.54, 1.807) is 6.20 Å². The third-order valence-electron chi connectivity index (χ3n) is 3.36. The molecule has 100 valence electrons. The average molecular weight is 249 g/mol. The van der Waals surface area contributed by atoms with Crippen molar-refractivity contribution in [3.05, 3.63) is 11.8 Å². The highest BCUT2D eigenvalue weighted by Gasteiger charge is 2.17. The Balaban J connectivity index is 2.64. The van der Waals surface area contributed by atoms with Gasteiger partial charge in [-0.1, -0.05) is 13.8 Å². The fourth-order valence-corrected chi connectivity index (χ4v) is 2.07. The maximum Gasteiger partial charge on any atom is 0.263 e. The number of rotatable bonds is 4. The topological polar surface area (TPSA) is 56.1 Å². The van der Waals surface area contributed by atoms with Crippen LogP contribution in [0.3, 0.4) is 0 Å². The highest BCUT2D eigenvalue weighted by atomic mass is 16.1. The Morgan fingerprint density at radius 3 is 2.94 bits per heavy atom. The first-order chi connectivity index (χ1) is 8.56. The van der Waals surface area contributed by atoms with Crippen LogP contribution in [0.1, 0.15) is 40.0 Å². The van der Waals surface area contributed by atoms with Crippen LogP contribution in [-0.2, 0) is 4.79 Å². The molecule has 1 rings (SSSR count). The minimum atomic E-state index is -0.259. The predicted octanol–water partition coefficient (Wildman–Crippen LogP) is 2.04. The second-order valence-electron chi connectivity index (χ2n) is 5.18. The van der Waals surface area contributed by atoms with Gasteiger partial charge in [-0.05, 0) is 32.1 Å². The summed E-state index contributed by atoms with van der Waals surface area (Å²) >= 11 is 0. The molecular weight excluding hydrogens is 226 g/mol. The number of nitrogens with zero attached hydrogens (tertiary/aromatic N) is 2. The van der Waals surface area contributed by atoms with Gasteiger partial charge in [0.25, 0.3) is 5.91 Å². The second-order valence-corrected chi connectivity index (χ2v) is 5.18. The molecule has 0 aromatic carbocycles. The molecule has 2 atom stereocenters. The predicted molar refractivity (Wildman–Crippen MR) is 71.6 cm³/mol. The molecule has 4 nitrogen and oxygen atoms in total. The van der Waals surface area contributed by atoms with E-state index in [0.29, 0.717) is 5.92 Å². The van der Waals surface area contributed by atoms with Gasteiger partial charge in [-0.3, -0.25) is 4.79 Å². The number of nitrogens with one attached hydrogen (secondary N) is 1. The zero-order valence-electron chi connectivity index (χ0n) is 11.6. The molecular formula is C14H23N3O. The van der Waals surface area contributed by atoms with Crippen molar-refractivity contribution < 1.29 is 4.79 Å². The molecule has 18 heavy (non-hydrogen) atoms. The minimum Gasteiger partial charge on any atom is -0.376 e. The lowest BCUT2D eigenvalue weighted by Gasteiger charge is -2.30. The molecule has 0 bridgehead atoms. The standard InChI is InChI=1S/C14H23N3O/c1-4-12(3)16-14(18)13(8-15)10-17-7-5-6-11(2)9-17/h10-12H,4-7,9H2,1-3H3,(H,16,18)/b13-10-. The lowest BCUT2D eigenvalue weighted by atomic mass is 10.0. The molecule has 1 aliphatic heterocycles. The summed E-state index contributed by atoms with van der Waals surface area (Å²) in [7, 11) is 0. The van der Waals surface area contributed by atoms with Crippen molar-refractivity contribution in [3.63, 3.8) is 0 Å². The summed E-state index contributed by atoms with van der Waals surface area (Å²) in [5.41, 5.74) is 0.212. The number of likely N-dealkylation sites (tertiary alicyclic amines) is 1. The van der Waals surface area contributed by atoms with Gasteiger partial charge in [-0.2, -0.15) is 5.26 Å². The molecule has 0 spiro atoms. The third-order valence-corrected chi connectivity index (χ3v) is 3.36. The zero-order valence-corrected chi connectivity index (χ0v) is 11.6. The normalized spacial score (nSPS) is 22.2. The third kappa shape index (κ3) is 4.40. The van der Waals surface area contributed by atoms with E-state index in [9.17, 15) is 4.79 Å². The van der Waals surface area contributed by atoms with Crippen molar-refractivity contribution in [1.29, 1.82) is 5.26 Å². The average Bonchev–Trinajstić information content (AvgIpc) is 2.35. The summed E-state index contributed by atoms with van der Waals surface area (Å²) in [4.78, 5) is 14.0. The maximum absolute atomic E-state index is 11.9. The van der Waals surface area contributed by atoms with Crippen LogP contribution in [0, 0.1) is 17.2 Å². The maximum atomic E-state index is 11.9. The van der Waals surface area contributed by atoms with Gasteiger partial charge >= 0.3 is 0 Å². The fraction of sp³-hybridized carbons (Fsp3) is 0.714. The Labute approximate surface area is 110 Å². The van der Waals surface area contributed by atoms with Crippen LogP contribution in [0.15, 0.2) is 11.8 Å². The summed E-state index contributed by atoms with van der Waals surface area (Å²) in [6.07, 6.45) is 4.94. The van der Waals surface area contributed by atoms with E-state index < -0.39 is 0 Å². The first kappa shape index (κ1) is 14.6. The van der Waals surface area contributed by atoms with Gasteiger partial charge in [0.15, 0.2) is 0 Å². The van der Waals surface area contributed by atoms with Crippen LogP contribution in [-0.4, -0.2) is 29.9 Å². The Hall–Kier alpha value is -1.50. The lowest BCUT2D eigenvalue weighted by molar-refractivity contribution is -0.117. The quantitative estimate of drug-likeness (QED) is 0.613. The van der Waals surface area contributed by atoms with E-state index in [-0.39, 0.29) is 17.5 Å². The van der Waals surface area contributed by atoms with Crippen LogP contribution in [0.4, 0.5) is 0 Å². The molecule has 4 heteroatoms. The van der Waals surface area contributed by atoms with Crippen LogP contribution in [0.25, 0.3) is 0 Å². The van der Waals surface area contributed by atoms with Crippen molar-refractivity contribution in [2.75, 3.05) is 13.1 Å². The highest BCUT2D eigenvalue weighted by Crippen LogP contribution is 2.16. The second kappa shape index (κ2) is 7.05. The van der Waals surface area contributed by atoms with Gasteiger partial charge < -0.3 is 10.2 Å². The number of hydrogen-bond donors (Lipinski definition) is 1. The first-order valence-electron chi connectivity index (χ1n) is 6.73. The van der Waals surface area contributed by atoms with Crippen molar-refractivity contribution >= 4 is 5.91 Å². The summed E-state index contributed by atoms with van der Waals surface area (Å²) < 4.78 is 0. The van der Waals surface area contributed by atoms with Crippen molar-refractivity contribution in [1.82, 2.24) is 10.2 Å². The largest absolute Gasteiger partial charge is 0.376 e. The number of piperidine rings is 1. The van der Waals surface area contributed by atoms with Gasteiger partial charge in [-0.25, -0.2) is 0 Å². The molecule has 1 saturated heterocycles. The van der Waals surface area contributed by atoms with Crippen LogP contribution >= 0.6 is 0 Å². The first-order valence-corrected chi connectivity index (χ1v) is 6.73. The summed E-state index contributed by atoms with van der Waals surface area (Å²) in [6, 6.07) is 2.11. The van der Waals surface area contributed by atoms with E-state index in [2.05, 4.69) is 17.1 Å². The lowest BCUT2D eigenvalue weighted by Crippen LogP contribution is -2.35. The minimum absolute atomic E-state index is 0.106. The number of amides is 1. The number of carbonyl (C=O) groups is 1. The van der Waals surface area contributed by atoms with Crippen molar-refractivity contribution in [2.45, 2.75) is 46.1 Å². The monoisotopic (exact) mass is 249 g/mol. The van der Waals surface area contributed by atoms with Crippen LogP contribution in [0.2, 0.25) is 0 Å². The zero-order chi connectivity index (χ0) is 13.5. The Morgan fingerprint density at radius 1 is 1.67 bits per heavy atom. The Kier molecular flexibility index (Phi) is 5.70. The fourth-order valence-electron chi connectivity index (χ4n) is 2.07. The molecule has 1 fully saturated rings. The van der Waals surface area contributed by atoms with Gasteiger partial charge in [0.05, 0.1) is 0 Å².